The fraction of sp³-hybridized carbons (Fsp3) is 0.455. The van der Waals surface area contributed by atoms with Gasteiger partial charge in [-0.2, -0.15) is 4.31 Å². The molecule has 1 aromatic rings. The molecule has 0 saturated heterocycles. The maximum Gasteiger partial charge on any atom is 0.289 e. The van der Waals surface area contributed by atoms with Crippen LogP contribution in [0.15, 0.2) is 23.1 Å². The largest absolute Gasteiger partial charge is 0.399 e. The third-order valence-corrected chi connectivity index (χ3v) is 5.05. The SMILES string of the molecule is CCC(C)N(C)S(=O)(=O)c1cc(N)ccc1[N+](=O)[O-]. The van der Waals surface area contributed by atoms with E-state index in [9.17, 15) is 18.5 Å². The Morgan fingerprint density at radius 1 is 1.47 bits per heavy atom. The number of rotatable bonds is 5. The van der Waals surface area contributed by atoms with Crippen molar-refractivity contribution < 1.29 is 13.3 Å². The first-order chi connectivity index (χ1) is 8.71. The second kappa shape index (κ2) is 5.54. The lowest BCUT2D eigenvalue weighted by Crippen LogP contribution is -2.35. The molecule has 8 heteroatoms. The zero-order chi connectivity index (χ0) is 14.8. The molecule has 1 rings (SSSR count). The minimum absolute atomic E-state index is 0.168. The van der Waals surface area contributed by atoms with Crippen LogP contribution < -0.4 is 5.73 Å². The van der Waals surface area contributed by atoms with Crippen LogP contribution in [0.5, 0.6) is 0 Å². The zero-order valence-corrected chi connectivity index (χ0v) is 11.8. The van der Waals surface area contributed by atoms with Crippen molar-refractivity contribution in [2.24, 2.45) is 0 Å². The summed E-state index contributed by atoms with van der Waals surface area (Å²) < 4.78 is 25.9. The van der Waals surface area contributed by atoms with Gasteiger partial charge in [0, 0.05) is 24.8 Å². The third-order valence-electron chi connectivity index (χ3n) is 3.05. The molecule has 106 valence electrons. The van der Waals surface area contributed by atoms with E-state index in [1.54, 1.807) is 6.92 Å². The first kappa shape index (κ1) is 15.4. The van der Waals surface area contributed by atoms with Gasteiger partial charge >= 0.3 is 0 Å². The van der Waals surface area contributed by atoms with Crippen molar-refractivity contribution in [3.8, 4) is 0 Å². The number of hydrogen-bond acceptors (Lipinski definition) is 5. The van der Waals surface area contributed by atoms with Crippen LogP contribution in [0, 0.1) is 10.1 Å². The second-order valence-electron chi connectivity index (χ2n) is 4.26. The van der Waals surface area contributed by atoms with Gasteiger partial charge in [-0.25, -0.2) is 8.42 Å². The molecule has 0 aromatic heterocycles. The van der Waals surface area contributed by atoms with Crippen molar-refractivity contribution in [1.82, 2.24) is 4.31 Å². The number of nitrogens with zero attached hydrogens (tertiary/aromatic N) is 2. The quantitative estimate of drug-likeness (QED) is 0.503. The molecule has 1 unspecified atom stereocenters. The number of nitro groups is 1. The highest BCUT2D eigenvalue weighted by Crippen LogP contribution is 2.29. The van der Waals surface area contributed by atoms with E-state index in [1.165, 1.54) is 13.1 Å². The second-order valence-corrected chi connectivity index (χ2v) is 6.23. The Labute approximate surface area is 112 Å². The molecule has 7 nitrogen and oxygen atoms in total. The molecule has 0 heterocycles. The van der Waals surface area contributed by atoms with Crippen LogP contribution in [-0.2, 0) is 10.0 Å². The summed E-state index contributed by atoms with van der Waals surface area (Å²) in [6.45, 7) is 3.57. The Kier molecular flexibility index (Phi) is 4.48. The number of nitrogens with two attached hydrogens (primary N) is 1. The van der Waals surface area contributed by atoms with Gasteiger partial charge in [0.1, 0.15) is 0 Å². The van der Waals surface area contributed by atoms with Crippen molar-refractivity contribution in [1.29, 1.82) is 0 Å². The van der Waals surface area contributed by atoms with E-state index in [0.29, 0.717) is 6.42 Å². The van der Waals surface area contributed by atoms with Crippen molar-refractivity contribution in [2.75, 3.05) is 12.8 Å². The molecule has 1 atom stereocenters. The summed E-state index contributed by atoms with van der Waals surface area (Å²) in [6.07, 6.45) is 0.603. The number of nitrogen functional groups attached to an aromatic ring is 1. The lowest BCUT2D eigenvalue weighted by molar-refractivity contribution is -0.387. The first-order valence-electron chi connectivity index (χ1n) is 5.73. The topological polar surface area (TPSA) is 107 Å². The van der Waals surface area contributed by atoms with E-state index in [-0.39, 0.29) is 16.6 Å². The van der Waals surface area contributed by atoms with Gasteiger partial charge in [-0.15, -0.1) is 0 Å². The Morgan fingerprint density at radius 2 is 2.05 bits per heavy atom. The summed E-state index contributed by atoms with van der Waals surface area (Å²) in [5, 5.41) is 10.9. The number of benzene rings is 1. The highest BCUT2D eigenvalue weighted by atomic mass is 32.2. The molecule has 0 fully saturated rings. The van der Waals surface area contributed by atoms with Crippen molar-refractivity contribution in [3.63, 3.8) is 0 Å². The summed E-state index contributed by atoms with van der Waals surface area (Å²) in [7, 11) is -2.54. The molecule has 0 saturated carbocycles. The van der Waals surface area contributed by atoms with Crippen LogP contribution in [-0.4, -0.2) is 30.7 Å². The van der Waals surface area contributed by atoms with Gasteiger partial charge in [-0.05, 0) is 25.5 Å². The number of nitro benzene ring substituents is 1. The normalized spacial score (nSPS) is 13.5. The minimum Gasteiger partial charge on any atom is -0.399 e. The Balaban J connectivity index is 3.43. The fourth-order valence-electron chi connectivity index (χ4n) is 1.54. The molecular formula is C11H17N3O4S. The zero-order valence-electron chi connectivity index (χ0n) is 11.0. The predicted molar refractivity (Wildman–Crippen MR) is 72.2 cm³/mol. The standard InChI is InChI=1S/C11H17N3O4S/c1-4-8(2)13(3)19(17,18)11-7-9(12)5-6-10(11)14(15)16/h5-8H,4,12H2,1-3H3. The van der Waals surface area contributed by atoms with E-state index in [1.807, 2.05) is 6.92 Å². The third kappa shape index (κ3) is 3.02. The van der Waals surface area contributed by atoms with Gasteiger partial charge in [0.2, 0.25) is 10.0 Å². The molecule has 0 aliphatic carbocycles. The lowest BCUT2D eigenvalue weighted by atomic mass is 10.3. The summed E-state index contributed by atoms with van der Waals surface area (Å²) in [5.74, 6) is 0. The monoisotopic (exact) mass is 287 g/mol. The van der Waals surface area contributed by atoms with Crippen LogP contribution >= 0.6 is 0 Å². The van der Waals surface area contributed by atoms with Crippen molar-refractivity contribution in [3.05, 3.63) is 28.3 Å². The van der Waals surface area contributed by atoms with Gasteiger partial charge in [0.15, 0.2) is 4.90 Å². The molecule has 2 N–H and O–H groups in total. The Morgan fingerprint density at radius 3 is 2.53 bits per heavy atom. The average Bonchev–Trinajstić information content (AvgIpc) is 2.36. The van der Waals surface area contributed by atoms with E-state index in [4.69, 9.17) is 5.73 Å². The summed E-state index contributed by atoms with van der Waals surface area (Å²) in [5.41, 5.74) is 5.23. The Bertz CT molecular complexity index is 586. The summed E-state index contributed by atoms with van der Waals surface area (Å²) in [6, 6.07) is 3.27. The molecule has 0 aliphatic heterocycles. The fourth-order valence-corrected chi connectivity index (χ4v) is 3.16. The molecule has 0 bridgehead atoms. The molecular weight excluding hydrogens is 270 g/mol. The van der Waals surface area contributed by atoms with E-state index < -0.39 is 20.6 Å². The predicted octanol–water partition coefficient (Wildman–Crippen LogP) is 1.60. The molecule has 0 aliphatic rings. The van der Waals surface area contributed by atoms with Gasteiger partial charge in [0.05, 0.1) is 4.92 Å². The number of hydrogen-bond donors (Lipinski definition) is 1. The van der Waals surface area contributed by atoms with E-state index >= 15 is 0 Å². The van der Waals surface area contributed by atoms with Gasteiger partial charge in [-0.3, -0.25) is 10.1 Å². The van der Waals surface area contributed by atoms with Crippen LogP contribution in [0.3, 0.4) is 0 Å². The van der Waals surface area contributed by atoms with Crippen LogP contribution in [0.1, 0.15) is 20.3 Å². The number of anilines is 1. The van der Waals surface area contributed by atoms with Gasteiger partial charge in [-0.1, -0.05) is 6.92 Å². The molecule has 0 amide bonds. The molecule has 0 spiro atoms. The van der Waals surface area contributed by atoms with Crippen LogP contribution in [0.25, 0.3) is 0 Å². The van der Waals surface area contributed by atoms with Gasteiger partial charge in [0.25, 0.3) is 5.69 Å². The smallest absolute Gasteiger partial charge is 0.289 e. The number of sulfonamides is 1. The van der Waals surface area contributed by atoms with Crippen LogP contribution in [0.4, 0.5) is 11.4 Å². The highest BCUT2D eigenvalue weighted by molar-refractivity contribution is 7.89. The molecule has 1 aromatic carbocycles. The molecule has 0 radical (unpaired) electrons. The first-order valence-corrected chi connectivity index (χ1v) is 7.17. The summed E-state index contributed by atoms with van der Waals surface area (Å²) in [4.78, 5) is 9.82. The highest BCUT2D eigenvalue weighted by Gasteiger charge is 2.31. The Hall–Kier alpha value is -1.67. The van der Waals surface area contributed by atoms with E-state index in [0.717, 1.165) is 16.4 Å². The average molecular weight is 287 g/mol. The maximum absolute atomic E-state index is 12.4. The molecule has 19 heavy (non-hydrogen) atoms. The lowest BCUT2D eigenvalue weighted by Gasteiger charge is -2.23. The summed E-state index contributed by atoms with van der Waals surface area (Å²) >= 11 is 0. The maximum atomic E-state index is 12.4. The van der Waals surface area contributed by atoms with Gasteiger partial charge < -0.3 is 5.73 Å². The minimum atomic E-state index is -3.94. The van der Waals surface area contributed by atoms with E-state index in [2.05, 4.69) is 0 Å². The van der Waals surface area contributed by atoms with Crippen molar-refractivity contribution in [2.45, 2.75) is 31.2 Å². The van der Waals surface area contributed by atoms with Crippen LogP contribution in [0.2, 0.25) is 0 Å². The van der Waals surface area contributed by atoms with Crippen molar-refractivity contribution >= 4 is 21.4 Å².